The Balaban J connectivity index is 1.74. The Bertz CT molecular complexity index is 883. The molecule has 1 aromatic carbocycles. The fourth-order valence-electron chi connectivity index (χ4n) is 3.87. The SMILES string of the molecule is Cc1cc(N2CCCCCC2)c2ccc(C(N)c3cccnc3)cc2n1. The predicted octanol–water partition coefficient (Wildman–Crippen LogP) is 4.37. The summed E-state index contributed by atoms with van der Waals surface area (Å²) >= 11 is 0. The van der Waals surface area contributed by atoms with Gasteiger partial charge >= 0.3 is 0 Å². The molecule has 0 amide bonds. The van der Waals surface area contributed by atoms with E-state index in [0.717, 1.165) is 35.4 Å². The molecule has 3 aromatic rings. The summed E-state index contributed by atoms with van der Waals surface area (Å²) in [5, 5.41) is 1.22. The molecule has 4 rings (SSSR count). The Morgan fingerprint density at radius 1 is 1.00 bits per heavy atom. The van der Waals surface area contributed by atoms with E-state index in [4.69, 9.17) is 10.7 Å². The number of anilines is 1. The molecule has 1 unspecified atom stereocenters. The molecule has 1 aliphatic heterocycles. The van der Waals surface area contributed by atoms with Crippen molar-refractivity contribution in [3.05, 3.63) is 65.6 Å². The number of benzene rings is 1. The number of nitrogens with zero attached hydrogens (tertiary/aromatic N) is 3. The van der Waals surface area contributed by atoms with Crippen molar-refractivity contribution in [1.29, 1.82) is 0 Å². The van der Waals surface area contributed by atoms with Crippen molar-refractivity contribution < 1.29 is 0 Å². The van der Waals surface area contributed by atoms with Gasteiger partial charge in [0.05, 0.1) is 11.6 Å². The van der Waals surface area contributed by atoms with Gasteiger partial charge in [-0.05, 0) is 49.1 Å². The average molecular weight is 346 g/mol. The number of nitrogens with two attached hydrogens (primary N) is 1. The van der Waals surface area contributed by atoms with Crippen LogP contribution in [0.4, 0.5) is 5.69 Å². The van der Waals surface area contributed by atoms with Crippen LogP contribution < -0.4 is 10.6 Å². The van der Waals surface area contributed by atoms with E-state index >= 15 is 0 Å². The van der Waals surface area contributed by atoms with E-state index in [-0.39, 0.29) is 6.04 Å². The lowest BCUT2D eigenvalue weighted by Gasteiger charge is -2.25. The second-order valence-corrected chi connectivity index (χ2v) is 7.22. The Morgan fingerprint density at radius 2 is 1.81 bits per heavy atom. The molecule has 4 heteroatoms. The minimum absolute atomic E-state index is 0.183. The summed E-state index contributed by atoms with van der Waals surface area (Å²) < 4.78 is 0. The fourth-order valence-corrected chi connectivity index (χ4v) is 3.87. The standard InChI is InChI=1S/C22H26N4/c1-16-13-21(26-11-4-2-3-5-12-26)19-9-8-17(14-20(19)25-16)22(23)18-7-6-10-24-15-18/h6-10,13-15,22H,2-5,11-12,23H2,1H3. The van der Waals surface area contributed by atoms with Gasteiger partial charge in [-0.1, -0.05) is 31.0 Å². The molecule has 1 atom stereocenters. The first-order valence-electron chi connectivity index (χ1n) is 9.54. The van der Waals surface area contributed by atoms with Gasteiger partial charge in [0.1, 0.15) is 0 Å². The smallest absolute Gasteiger partial charge is 0.0729 e. The number of rotatable bonds is 3. The zero-order valence-electron chi connectivity index (χ0n) is 15.4. The highest BCUT2D eigenvalue weighted by Crippen LogP contribution is 2.31. The van der Waals surface area contributed by atoms with Crippen LogP contribution in [0.2, 0.25) is 0 Å². The van der Waals surface area contributed by atoms with Crippen LogP contribution in [0.5, 0.6) is 0 Å². The summed E-state index contributed by atoms with van der Waals surface area (Å²) in [4.78, 5) is 11.5. The highest BCUT2D eigenvalue weighted by molar-refractivity contribution is 5.92. The van der Waals surface area contributed by atoms with Crippen LogP contribution in [0.1, 0.15) is 48.5 Å². The summed E-state index contributed by atoms with van der Waals surface area (Å²) in [5.41, 5.74) is 12.0. The monoisotopic (exact) mass is 346 g/mol. The molecule has 1 saturated heterocycles. The molecule has 1 fully saturated rings. The van der Waals surface area contributed by atoms with Gasteiger partial charge < -0.3 is 10.6 Å². The van der Waals surface area contributed by atoms with Crippen LogP contribution in [-0.2, 0) is 0 Å². The molecule has 2 aromatic heterocycles. The maximum atomic E-state index is 6.47. The Hall–Kier alpha value is -2.46. The summed E-state index contributed by atoms with van der Waals surface area (Å²) in [7, 11) is 0. The lowest BCUT2D eigenvalue weighted by atomic mass is 9.99. The van der Waals surface area contributed by atoms with Crippen molar-refractivity contribution in [3.63, 3.8) is 0 Å². The molecule has 1 aliphatic rings. The van der Waals surface area contributed by atoms with Crippen LogP contribution in [-0.4, -0.2) is 23.1 Å². The normalized spacial score (nSPS) is 16.5. The molecule has 0 bridgehead atoms. The number of hydrogen-bond acceptors (Lipinski definition) is 4. The van der Waals surface area contributed by atoms with Gasteiger partial charge in [-0.15, -0.1) is 0 Å². The summed E-state index contributed by atoms with van der Waals surface area (Å²) in [6.45, 7) is 4.35. The average Bonchev–Trinajstić information content (AvgIpc) is 2.96. The van der Waals surface area contributed by atoms with Crippen LogP contribution in [0.3, 0.4) is 0 Å². The third-order valence-corrected chi connectivity index (χ3v) is 5.29. The van der Waals surface area contributed by atoms with Crippen molar-refractivity contribution in [2.24, 2.45) is 5.73 Å². The first kappa shape index (κ1) is 17.0. The molecule has 0 saturated carbocycles. The third kappa shape index (κ3) is 3.42. The fraction of sp³-hybridized carbons (Fsp3) is 0.364. The highest BCUT2D eigenvalue weighted by atomic mass is 15.1. The maximum Gasteiger partial charge on any atom is 0.0729 e. The molecule has 134 valence electrons. The lowest BCUT2D eigenvalue weighted by molar-refractivity contribution is 0.726. The number of fused-ring (bicyclic) bond motifs is 1. The summed E-state index contributed by atoms with van der Waals surface area (Å²) in [6, 6.07) is 12.5. The van der Waals surface area contributed by atoms with Crippen molar-refractivity contribution in [2.45, 2.75) is 38.6 Å². The Labute approximate surface area is 155 Å². The van der Waals surface area contributed by atoms with Crippen LogP contribution in [0.15, 0.2) is 48.8 Å². The zero-order valence-corrected chi connectivity index (χ0v) is 15.4. The van der Waals surface area contributed by atoms with Crippen molar-refractivity contribution >= 4 is 16.6 Å². The van der Waals surface area contributed by atoms with Gasteiger partial charge in [0.15, 0.2) is 0 Å². The van der Waals surface area contributed by atoms with Gasteiger partial charge in [0.2, 0.25) is 0 Å². The van der Waals surface area contributed by atoms with E-state index in [1.165, 1.54) is 36.8 Å². The van der Waals surface area contributed by atoms with Crippen molar-refractivity contribution in [2.75, 3.05) is 18.0 Å². The maximum absolute atomic E-state index is 6.47. The number of aryl methyl sites for hydroxylation is 1. The van der Waals surface area contributed by atoms with Crippen LogP contribution in [0, 0.1) is 6.92 Å². The van der Waals surface area contributed by atoms with Gasteiger partial charge in [-0.25, -0.2) is 0 Å². The Kier molecular flexibility index (Phi) is 4.85. The minimum Gasteiger partial charge on any atom is -0.371 e. The third-order valence-electron chi connectivity index (χ3n) is 5.29. The second-order valence-electron chi connectivity index (χ2n) is 7.22. The molecule has 0 spiro atoms. The molecule has 26 heavy (non-hydrogen) atoms. The summed E-state index contributed by atoms with van der Waals surface area (Å²) in [5.74, 6) is 0. The number of pyridine rings is 2. The summed E-state index contributed by atoms with van der Waals surface area (Å²) in [6.07, 6.45) is 8.82. The molecular formula is C22H26N4. The van der Waals surface area contributed by atoms with Gasteiger partial charge in [0, 0.05) is 42.3 Å². The van der Waals surface area contributed by atoms with E-state index in [1.807, 2.05) is 18.3 Å². The van der Waals surface area contributed by atoms with Crippen molar-refractivity contribution in [1.82, 2.24) is 9.97 Å². The van der Waals surface area contributed by atoms with E-state index in [0.29, 0.717) is 0 Å². The van der Waals surface area contributed by atoms with Crippen LogP contribution >= 0.6 is 0 Å². The molecule has 3 heterocycles. The van der Waals surface area contributed by atoms with Gasteiger partial charge in [-0.2, -0.15) is 0 Å². The molecule has 0 aliphatic carbocycles. The largest absolute Gasteiger partial charge is 0.371 e. The second kappa shape index (κ2) is 7.42. The first-order chi connectivity index (χ1) is 12.7. The molecule has 0 radical (unpaired) electrons. The highest BCUT2D eigenvalue weighted by Gasteiger charge is 2.16. The van der Waals surface area contributed by atoms with Gasteiger partial charge in [-0.3, -0.25) is 9.97 Å². The van der Waals surface area contributed by atoms with Crippen LogP contribution in [0.25, 0.3) is 10.9 Å². The van der Waals surface area contributed by atoms with E-state index in [2.05, 4.69) is 41.1 Å². The van der Waals surface area contributed by atoms with Gasteiger partial charge in [0.25, 0.3) is 0 Å². The number of hydrogen-bond donors (Lipinski definition) is 1. The van der Waals surface area contributed by atoms with E-state index < -0.39 is 0 Å². The molecular weight excluding hydrogens is 320 g/mol. The zero-order chi connectivity index (χ0) is 17.9. The van der Waals surface area contributed by atoms with Crippen molar-refractivity contribution in [3.8, 4) is 0 Å². The molecule has 4 nitrogen and oxygen atoms in total. The predicted molar refractivity (Wildman–Crippen MR) is 107 cm³/mol. The van der Waals surface area contributed by atoms with E-state index in [9.17, 15) is 0 Å². The first-order valence-corrected chi connectivity index (χ1v) is 9.54. The van der Waals surface area contributed by atoms with E-state index in [1.54, 1.807) is 6.20 Å². The quantitative estimate of drug-likeness (QED) is 0.765. The lowest BCUT2D eigenvalue weighted by Crippen LogP contribution is -2.24. The number of aromatic nitrogens is 2. The molecule has 2 N–H and O–H groups in total. The Morgan fingerprint density at radius 3 is 2.54 bits per heavy atom. The topological polar surface area (TPSA) is 55.0 Å². The minimum atomic E-state index is -0.183.